The quantitative estimate of drug-likeness (QED) is 0.778. The molecule has 2 rings (SSSR count). The molecule has 0 saturated heterocycles. The number of nitrogens with two attached hydrogens (primary N) is 1. The van der Waals surface area contributed by atoms with Crippen LogP contribution in [0.4, 0.5) is 0 Å². The van der Waals surface area contributed by atoms with E-state index in [2.05, 4.69) is 4.98 Å². The highest BCUT2D eigenvalue weighted by Gasteiger charge is 2.13. The molecular formula is C12H14N2O. The van der Waals surface area contributed by atoms with Crippen molar-refractivity contribution in [3.8, 4) is 0 Å². The molecule has 1 aromatic carbocycles. The molecule has 0 radical (unpaired) electrons. The lowest BCUT2D eigenvalue weighted by molar-refractivity contribution is 0.162. The summed E-state index contributed by atoms with van der Waals surface area (Å²) in [5.41, 5.74) is 7.45. The van der Waals surface area contributed by atoms with E-state index in [0.29, 0.717) is 0 Å². The van der Waals surface area contributed by atoms with Crippen LogP contribution in [0.3, 0.4) is 0 Å². The Kier molecular flexibility index (Phi) is 2.66. The highest BCUT2D eigenvalue weighted by molar-refractivity contribution is 5.78. The van der Waals surface area contributed by atoms with Crippen LogP contribution in [0.25, 0.3) is 10.9 Å². The Balaban J connectivity index is 2.47. The number of aromatic nitrogens is 1. The van der Waals surface area contributed by atoms with E-state index in [4.69, 9.17) is 5.73 Å². The number of pyridine rings is 1. The number of hydrogen-bond acceptors (Lipinski definition) is 3. The first-order valence-electron chi connectivity index (χ1n) is 4.98. The van der Waals surface area contributed by atoms with Gasteiger partial charge in [-0.05, 0) is 19.1 Å². The monoisotopic (exact) mass is 202 g/mol. The third kappa shape index (κ3) is 1.98. The minimum atomic E-state index is -0.585. The standard InChI is InChI=1S/C12H14N2O/c1-8(15)12(13)11-7-6-9-4-2-3-5-10(9)14-11/h2-8,12,15H,13H2,1H3/t8-,12+/m0/s1. The van der Waals surface area contributed by atoms with Crippen LogP contribution in [0.2, 0.25) is 0 Å². The van der Waals surface area contributed by atoms with Crippen molar-refractivity contribution in [2.75, 3.05) is 0 Å². The number of hydrogen-bond donors (Lipinski definition) is 2. The Bertz CT molecular complexity index is 468. The molecule has 78 valence electrons. The lowest BCUT2D eigenvalue weighted by Crippen LogP contribution is -2.24. The third-order valence-corrected chi connectivity index (χ3v) is 2.48. The Morgan fingerprint density at radius 1 is 1.20 bits per heavy atom. The van der Waals surface area contributed by atoms with Crippen LogP contribution in [0, 0.1) is 0 Å². The van der Waals surface area contributed by atoms with Gasteiger partial charge in [-0.1, -0.05) is 24.3 Å². The molecule has 0 amide bonds. The summed E-state index contributed by atoms with van der Waals surface area (Å²) in [5, 5.41) is 10.5. The molecule has 0 unspecified atom stereocenters. The van der Waals surface area contributed by atoms with Crippen molar-refractivity contribution in [1.29, 1.82) is 0 Å². The Morgan fingerprint density at radius 2 is 1.93 bits per heavy atom. The Hall–Kier alpha value is -1.45. The average Bonchev–Trinajstić information content (AvgIpc) is 2.27. The summed E-state index contributed by atoms with van der Waals surface area (Å²) in [6, 6.07) is 11.3. The fourth-order valence-electron chi connectivity index (χ4n) is 1.51. The van der Waals surface area contributed by atoms with E-state index in [9.17, 15) is 5.11 Å². The molecule has 1 heterocycles. The van der Waals surface area contributed by atoms with Crippen LogP contribution in [-0.4, -0.2) is 16.2 Å². The summed E-state index contributed by atoms with van der Waals surface area (Å²) in [7, 11) is 0. The fraction of sp³-hybridized carbons (Fsp3) is 0.250. The summed E-state index contributed by atoms with van der Waals surface area (Å²) in [4.78, 5) is 4.41. The van der Waals surface area contributed by atoms with Crippen molar-refractivity contribution in [1.82, 2.24) is 4.98 Å². The van der Waals surface area contributed by atoms with E-state index in [1.807, 2.05) is 36.4 Å². The number of nitrogens with zero attached hydrogens (tertiary/aromatic N) is 1. The van der Waals surface area contributed by atoms with E-state index < -0.39 is 12.1 Å². The minimum Gasteiger partial charge on any atom is -0.391 e. The molecule has 3 heteroatoms. The van der Waals surface area contributed by atoms with Gasteiger partial charge in [0.05, 0.1) is 23.4 Å². The number of para-hydroxylation sites is 1. The van der Waals surface area contributed by atoms with Crippen LogP contribution in [0.1, 0.15) is 18.7 Å². The summed E-state index contributed by atoms with van der Waals surface area (Å²) < 4.78 is 0. The largest absolute Gasteiger partial charge is 0.391 e. The van der Waals surface area contributed by atoms with Crippen molar-refractivity contribution in [2.24, 2.45) is 5.73 Å². The Morgan fingerprint density at radius 3 is 2.67 bits per heavy atom. The summed E-state index contributed by atoms with van der Waals surface area (Å²) >= 11 is 0. The molecule has 2 aromatic rings. The van der Waals surface area contributed by atoms with Gasteiger partial charge in [-0.2, -0.15) is 0 Å². The molecule has 3 nitrogen and oxygen atoms in total. The van der Waals surface area contributed by atoms with Gasteiger partial charge in [0, 0.05) is 5.39 Å². The summed E-state index contributed by atoms with van der Waals surface area (Å²) in [6.45, 7) is 1.67. The molecule has 0 bridgehead atoms. The summed E-state index contributed by atoms with van der Waals surface area (Å²) in [5.74, 6) is 0. The van der Waals surface area contributed by atoms with E-state index in [-0.39, 0.29) is 0 Å². The van der Waals surface area contributed by atoms with Crippen molar-refractivity contribution in [2.45, 2.75) is 19.1 Å². The van der Waals surface area contributed by atoms with Crippen LogP contribution in [0.5, 0.6) is 0 Å². The lowest BCUT2D eigenvalue weighted by atomic mass is 10.1. The molecule has 0 spiro atoms. The van der Waals surface area contributed by atoms with Gasteiger partial charge in [-0.15, -0.1) is 0 Å². The van der Waals surface area contributed by atoms with Gasteiger partial charge in [0.1, 0.15) is 0 Å². The normalized spacial score (nSPS) is 15.1. The second-order valence-electron chi connectivity index (χ2n) is 3.70. The molecule has 0 saturated carbocycles. The van der Waals surface area contributed by atoms with Crippen molar-refractivity contribution >= 4 is 10.9 Å². The predicted octanol–water partition coefficient (Wildman–Crippen LogP) is 1.62. The topological polar surface area (TPSA) is 59.1 Å². The van der Waals surface area contributed by atoms with Gasteiger partial charge in [0.25, 0.3) is 0 Å². The third-order valence-electron chi connectivity index (χ3n) is 2.48. The predicted molar refractivity (Wildman–Crippen MR) is 60.4 cm³/mol. The molecule has 0 aliphatic rings. The first kappa shape index (κ1) is 10.1. The maximum atomic E-state index is 9.38. The number of benzene rings is 1. The van der Waals surface area contributed by atoms with Gasteiger partial charge >= 0.3 is 0 Å². The van der Waals surface area contributed by atoms with Gasteiger partial charge in [0.15, 0.2) is 0 Å². The zero-order chi connectivity index (χ0) is 10.8. The molecule has 2 atom stereocenters. The zero-order valence-electron chi connectivity index (χ0n) is 8.59. The van der Waals surface area contributed by atoms with Crippen LogP contribution >= 0.6 is 0 Å². The number of aliphatic hydroxyl groups is 1. The Labute approximate surface area is 88.6 Å². The van der Waals surface area contributed by atoms with Crippen LogP contribution in [-0.2, 0) is 0 Å². The first-order chi connectivity index (χ1) is 7.18. The van der Waals surface area contributed by atoms with E-state index in [1.54, 1.807) is 6.92 Å². The smallest absolute Gasteiger partial charge is 0.0731 e. The van der Waals surface area contributed by atoms with E-state index >= 15 is 0 Å². The maximum absolute atomic E-state index is 9.38. The first-order valence-corrected chi connectivity index (χ1v) is 4.98. The van der Waals surface area contributed by atoms with Crippen molar-refractivity contribution < 1.29 is 5.11 Å². The van der Waals surface area contributed by atoms with Crippen LogP contribution < -0.4 is 5.73 Å². The van der Waals surface area contributed by atoms with E-state index in [0.717, 1.165) is 16.6 Å². The number of rotatable bonds is 2. The molecule has 3 N–H and O–H groups in total. The SMILES string of the molecule is C[C@H](O)[C@@H](N)c1ccc2ccccc2n1. The average molecular weight is 202 g/mol. The molecule has 0 aliphatic heterocycles. The van der Waals surface area contributed by atoms with E-state index in [1.165, 1.54) is 0 Å². The second kappa shape index (κ2) is 3.96. The van der Waals surface area contributed by atoms with Gasteiger partial charge in [-0.3, -0.25) is 4.98 Å². The molecule has 15 heavy (non-hydrogen) atoms. The van der Waals surface area contributed by atoms with Crippen molar-refractivity contribution in [3.63, 3.8) is 0 Å². The molecule has 1 aromatic heterocycles. The van der Waals surface area contributed by atoms with Crippen LogP contribution in [0.15, 0.2) is 36.4 Å². The highest BCUT2D eigenvalue weighted by atomic mass is 16.3. The highest BCUT2D eigenvalue weighted by Crippen LogP contribution is 2.17. The van der Waals surface area contributed by atoms with Gasteiger partial charge in [-0.25, -0.2) is 0 Å². The molecule has 0 fully saturated rings. The van der Waals surface area contributed by atoms with Crippen molar-refractivity contribution in [3.05, 3.63) is 42.1 Å². The zero-order valence-corrected chi connectivity index (χ0v) is 8.59. The second-order valence-corrected chi connectivity index (χ2v) is 3.70. The number of aliphatic hydroxyl groups excluding tert-OH is 1. The molecule has 0 aliphatic carbocycles. The molecular weight excluding hydrogens is 188 g/mol. The van der Waals surface area contributed by atoms with Gasteiger partial charge < -0.3 is 10.8 Å². The fourth-order valence-corrected chi connectivity index (χ4v) is 1.51. The minimum absolute atomic E-state index is 0.422. The number of fused-ring (bicyclic) bond motifs is 1. The summed E-state index contributed by atoms with van der Waals surface area (Å²) in [6.07, 6.45) is -0.585. The maximum Gasteiger partial charge on any atom is 0.0731 e. The van der Waals surface area contributed by atoms with Gasteiger partial charge in [0.2, 0.25) is 0 Å². The lowest BCUT2D eigenvalue weighted by Gasteiger charge is -2.14.